The van der Waals surface area contributed by atoms with Gasteiger partial charge in [0, 0.05) is 20.1 Å². The molecule has 1 fully saturated rings. The summed E-state index contributed by atoms with van der Waals surface area (Å²) in [5.74, 6) is -0.0544. The molecule has 1 N–H and O–H groups in total. The van der Waals surface area contributed by atoms with Crippen LogP contribution in [0.15, 0.2) is 48.5 Å². The maximum absolute atomic E-state index is 12.8. The van der Waals surface area contributed by atoms with Crippen LogP contribution in [0.4, 0.5) is 11.4 Å². The molecule has 0 bridgehead atoms. The lowest BCUT2D eigenvalue weighted by Crippen LogP contribution is -2.32. The first-order valence-electron chi connectivity index (χ1n) is 10.1. The molecule has 31 heavy (non-hydrogen) atoms. The molecule has 9 heteroatoms. The summed E-state index contributed by atoms with van der Waals surface area (Å²) in [4.78, 5) is 27.2. The minimum Gasteiger partial charge on any atom is -0.481 e. The molecule has 0 aliphatic carbocycles. The number of carbonyl (C=O) groups excluding carboxylic acids is 2. The Morgan fingerprint density at radius 3 is 2.29 bits per heavy atom. The number of hydrogen-bond acceptors (Lipinski definition) is 5. The third-order valence-electron chi connectivity index (χ3n) is 5.19. The van der Waals surface area contributed by atoms with Gasteiger partial charge in [0.1, 0.15) is 5.75 Å². The van der Waals surface area contributed by atoms with Gasteiger partial charge in [-0.3, -0.25) is 13.9 Å². The van der Waals surface area contributed by atoms with Gasteiger partial charge < -0.3 is 15.0 Å². The maximum atomic E-state index is 12.8. The first kappa shape index (κ1) is 22.6. The number of sulfonamides is 1. The standard InChI is InChI=1S/C22H27N3O5S/c1-16(30-18-12-10-17(11-13-18)24(2)31(3,28)29)21(26)23-20-9-5-4-8-19(20)22(27)25-14-6-7-15-25/h4-5,8-13,16H,6-7,14-15H2,1-3H3,(H,23,26). The van der Waals surface area contributed by atoms with Gasteiger partial charge >= 0.3 is 0 Å². The number of rotatable bonds is 7. The van der Waals surface area contributed by atoms with Crippen LogP contribution in [0.3, 0.4) is 0 Å². The molecule has 0 radical (unpaired) electrons. The quantitative estimate of drug-likeness (QED) is 0.707. The lowest BCUT2D eigenvalue weighted by atomic mass is 10.1. The Hall–Kier alpha value is -3.07. The second kappa shape index (κ2) is 9.38. The summed E-state index contributed by atoms with van der Waals surface area (Å²) in [6, 6.07) is 13.3. The van der Waals surface area contributed by atoms with E-state index in [1.54, 1.807) is 60.4 Å². The third-order valence-corrected chi connectivity index (χ3v) is 6.39. The molecule has 1 unspecified atom stereocenters. The highest BCUT2D eigenvalue weighted by atomic mass is 32.2. The number of likely N-dealkylation sites (tertiary alicyclic amines) is 1. The van der Waals surface area contributed by atoms with Crippen molar-refractivity contribution >= 4 is 33.2 Å². The zero-order valence-electron chi connectivity index (χ0n) is 17.9. The molecular formula is C22H27N3O5S. The summed E-state index contributed by atoms with van der Waals surface area (Å²) >= 11 is 0. The normalized spacial score (nSPS) is 14.7. The van der Waals surface area contributed by atoms with E-state index in [4.69, 9.17) is 4.74 Å². The fourth-order valence-corrected chi connectivity index (χ4v) is 3.79. The van der Waals surface area contributed by atoms with Crippen molar-refractivity contribution in [2.24, 2.45) is 0 Å². The first-order chi connectivity index (χ1) is 14.7. The highest BCUT2D eigenvalue weighted by molar-refractivity contribution is 7.92. The van der Waals surface area contributed by atoms with Gasteiger partial charge in [-0.25, -0.2) is 8.42 Å². The van der Waals surface area contributed by atoms with Crippen LogP contribution in [0, 0.1) is 0 Å². The van der Waals surface area contributed by atoms with Gasteiger partial charge in [0.25, 0.3) is 11.8 Å². The SMILES string of the molecule is CC(Oc1ccc(N(C)S(C)(=O)=O)cc1)C(=O)Nc1ccccc1C(=O)N1CCCC1. The summed E-state index contributed by atoms with van der Waals surface area (Å²) in [5, 5.41) is 2.79. The lowest BCUT2D eigenvalue weighted by molar-refractivity contribution is -0.122. The van der Waals surface area contributed by atoms with Crippen LogP contribution in [0.25, 0.3) is 0 Å². The van der Waals surface area contributed by atoms with Crippen molar-refractivity contribution in [2.45, 2.75) is 25.9 Å². The van der Waals surface area contributed by atoms with Crippen molar-refractivity contribution in [1.29, 1.82) is 0 Å². The number of hydrogen-bond donors (Lipinski definition) is 1. The molecule has 0 saturated carbocycles. The van der Waals surface area contributed by atoms with Gasteiger partial charge in [-0.05, 0) is 56.2 Å². The summed E-state index contributed by atoms with van der Waals surface area (Å²) < 4.78 is 30.1. The second-order valence-corrected chi connectivity index (χ2v) is 9.53. The van der Waals surface area contributed by atoms with E-state index in [0.29, 0.717) is 22.7 Å². The predicted molar refractivity (Wildman–Crippen MR) is 120 cm³/mol. The molecule has 0 aromatic heterocycles. The Morgan fingerprint density at radius 1 is 1.06 bits per heavy atom. The van der Waals surface area contributed by atoms with Crippen molar-refractivity contribution < 1.29 is 22.7 Å². The van der Waals surface area contributed by atoms with E-state index in [1.807, 2.05) is 0 Å². The maximum Gasteiger partial charge on any atom is 0.265 e. The fourth-order valence-electron chi connectivity index (χ4n) is 3.29. The van der Waals surface area contributed by atoms with Gasteiger partial charge in [-0.1, -0.05) is 12.1 Å². The lowest BCUT2D eigenvalue weighted by Gasteiger charge is -2.20. The molecule has 1 aliphatic rings. The van der Waals surface area contributed by atoms with Gasteiger partial charge in [-0.15, -0.1) is 0 Å². The highest BCUT2D eigenvalue weighted by Gasteiger charge is 2.23. The first-order valence-corrected chi connectivity index (χ1v) is 11.9. The van der Waals surface area contributed by atoms with Crippen LogP contribution in [0.1, 0.15) is 30.1 Å². The summed E-state index contributed by atoms with van der Waals surface area (Å²) in [6.45, 7) is 3.06. The Morgan fingerprint density at radius 2 is 1.68 bits per heavy atom. The molecule has 1 aliphatic heterocycles. The molecule has 0 spiro atoms. The number of anilines is 2. The van der Waals surface area contributed by atoms with Gasteiger partial charge in [-0.2, -0.15) is 0 Å². The van der Waals surface area contributed by atoms with E-state index in [-0.39, 0.29) is 11.8 Å². The molecule has 3 rings (SSSR count). The molecule has 2 aromatic carbocycles. The second-order valence-electron chi connectivity index (χ2n) is 7.52. The summed E-state index contributed by atoms with van der Waals surface area (Å²) in [5.41, 5.74) is 1.39. The van der Waals surface area contributed by atoms with Crippen molar-refractivity contribution in [3.05, 3.63) is 54.1 Å². The summed E-state index contributed by atoms with van der Waals surface area (Å²) in [7, 11) is -1.90. The Balaban J connectivity index is 1.66. The monoisotopic (exact) mass is 445 g/mol. The van der Waals surface area contributed by atoms with E-state index >= 15 is 0 Å². The largest absolute Gasteiger partial charge is 0.481 e. The number of carbonyl (C=O) groups is 2. The van der Waals surface area contributed by atoms with Crippen molar-refractivity contribution in [3.63, 3.8) is 0 Å². The van der Waals surface area contributed by atoms with E-state index in [0.717, 1.165) is 36.5 Å². The molecule has 1 atom stereocenters. The van der Waals surface area contributed by atoms with Crippen LogP contribution in [-0.2, 0) is 14.8 Å². The molecule has 1 saturated heterocycles. The fraction of sp³-hybridized carbons (Fsp3) is 0.364. The van der Waals surface area contributed by atoms with Gasteiger partial charge in [0.15, 0.2) is 6.10 Å². The number of amides is 2. The Kier molecular flexibility index (Phi) is 6.84. The Bertz CT molecular complexity index is 1050. The minimum absolute atomic E-state index is 0.0902. The van der Waals surface area contributed by atoms with Crippen LogP contribution >= 0.6 is 0 Å². The third kappa shape index (κ3) is 5.55. The molecule has 2 aromatic rings. The molecular weight excluding hydrogens is 418 g/mol. The van der Waals surface area contributed by atoms with Crippen molar-refractivity contribution in [1.82, 2.24) is 4.90 Å². The molecule has 166 valence electrons. The summed E-state index contributed by atoms with van der Waals surface area (Å²) in [6.07, 6.45) is 2.28. The van der Waals surface area contributed by atoms with Gasteiger partial charge in [0.05, 0.1) is 23.2 Å². The molecule has 1 heterocycles. The van der Waals surface area contributed by atoms with E-state index < -0.39 is 16.1 Å². The average molecular weight is 446 g/mol. The topological polar surface area (TPSA) is 96.0 Å². The van der Waals surface area contributed by atoms with Crippen LogP contribution in [0.5, 0.6) is 5.75 Å². The predicted octanol–water partition coefficient (Wildman–Crippen LogP) is 2.72. The van der Waals surface area contributed by atoms with Crippen LogP contribution in [-0.4, -0.2) is 57.6 Å². The van der Waals surface area contributed by atoms with Crippen molar-refractivity contribution in [2.75, 3.05) is 36.0 Å². The number of benzene rings is 2. The van der Waals surface area contributed by atoms with E-state index in [9.17, 15) is 18.0 Å². The molecule has 8 nitrogen and oxygen atoms in total. The van der Waals surface area contributed by atoms with Crippen molar-refractivity contribution in [3.8, 4) is 5.75 Å². The number of nitrogens with zero attached hydrogens (tertiary/aromatic N) is 2. The van der Waals surface area contributed by atoms with Crippen LogP contribution < -0.4 is 14.4 Å². The Labute approximate surface area is 182 Å². The average Bonchev–Trinajstić information content (AvgIpc) is 3.28. The number of ether oxygens (including phenoxy) is 1. The van der Waals surface area contributed by atoms with Crippen LogP contribution in [0.2, 0.25) is 0 Å². The minimum atomic E-state index is -3.36. The van der Waals surface area contributed by atoms with E-state index in [1.165, 1.54) is 7.05 Å². The number of para-hydroxylation sites is 1. The zero-order valence-corrected chi connectivity index (χ0v) is 18.7. The smallest absolute Gasteiger partial charge is 0.265 e. The van der Waals surface area contributed by atoms with Gasteiger partial charge in [0.2, 0.25) is 10.0 Å². The highest BCUT2D eigenvalue weighted by Crippen LogP contribution is 2.23. The number of nitrogens with one attached hydrogen (secondary N) is 1. The van der Waals surface area contributed by atoms with E-state index in [2.05, 4.69) is 5.32 Å². The zero-order chi connectivity index (χ0) is 22.6. The molecule has 2 amide bonds.